The number of amides is 3. The summed E-state index contributed by atoms with van der Waals surface area (Å²) in [5.41, 5.74) is 7.09. The molecule has 2 rings (SSSR count). The number of aliphatic hydroxyl groups excluding tert-OH is 1. The molecule has 37 heavy (non-hydrogen) atoms. The number of aromatic nitrogens is 1. The second-order valence-corrected chi connectivity index (χ2v) is 8.84. The van der Waals surface area contributed by atoms with E-state index < -0.39 is 59.9 Å². The van der Waals surface area contributed by atoms with E-state index in [1.807, 2.05) is 12.1 Å². The number of aliphatic carboxylic acids is 2. The topological polar surface area (TPSA) is 224 Å². The van der Waals surface area contributed by atoms with Gasteiger partial charge in [0.05, 0.1) is 12.1 Å². The number of carboxylic acids is 2. The first-order valence-corrected chi connectivity index (χ1v) is 12.0. The highest BCUT2D eigenvalue weighted by atomic mass is 32.1. The molecule has 0 radical (unpaired) electrons. The van der Waals surface area contributed by atoms with E-state index in [4.69, 9.17) is 10.8 Å². The van der Waals surface area contributed by atoms with Crippen molar-refractivity contribution in [3.63, 3.8) is 0 Å². The molecule has 202 valence electrons. The molecule has 0 spiro atoms. The predicted octanol–water partition coefficient (Wildman–Crippen LogP) is -1.25. The fourth-order valence-electron chi connectivity index (χ4n) is 3.52. The first-order chi connectivity index (χ1) is 17.4. The smallest absolute Gasteiger partial charge is 0.326 e. The predicted molar refractivity (Wildman–Crippen MR) is 136 cm³/mol. The minimum atomic E-state index is -1.54. The number of hydrogen-bond donors (Lipinski definition) is 9. The lowest BCUT2D eigenvalue weighted by Crippen LogP contribution is -2.60. The Morgan fingerprint density at radius 3 is 2.24 bits per heavy atom. The average Bonchev–Trinajstić information content (AvgIpc) is 3.25. The van der Waals surface area contributed by atoms with E-state index >= 15 is 0 Å². The Morgan fingerprint density at radius 1 is 1.00 bits per heavy atom. The Kier molecular flexibility index (Phi) is 10.9. The molecule has 0 fully saturated rings. The van der Waals surface area contributed by atoms with Gasteiger partial charge in [-0.15, -0.1) is 0 Å². The first kappa shape index (κ1) is 29.6. The quantitative estimate of drug-likeness (QED) is 0.131. The summed E-state index contributed by atoms with van der Waals surface area (Å²) in [5.74, 6) is -5.27. The van der Waals surface area contributed by atoms with Gasteiger partial charge in [0.2, 0.25) is 17.7 Å². The van der Waals surface area contributed by atoms with E-state index in [1.54, 1.807) is 18.3 Å². The number of fused-ring (bicyclic) bond motifs is 1. The number of nitrogens with one attached hydrogen (secondary N) is 4. The van der Waals surface area contributed by atoms with Gasteiger partial charge in [0.1, 0.15) is 18.1 Å². The van der Waals surface area contributed by atoms with Gasteiger partial charge in [-0.2, -0.15) is 12.6 Å². The van der Waals surface area contributed by atoms with Gasteiger partial charge in [0.25, 0.3) is 0 Å². The molecule has 3 amide bonds. The van der Waals surface area contributed by atoms with Crippen LogP contribution in [0, 0.1) is 0 Å². The molecular formula is C23H31N5O8S. The fourth-order valence-corrected chi connectivity index (χ4v) is 3.78. The number of aromatic amines is 1. The minimum absolute atomic E-state index is 0.0604. The van der Waals surface area contributed by atoms with Crippen molar-refractivity contribution in [1.82, 2.24) is 20.9 Å². The zero-order chi connectivity index (χ0) is 27.7. The van der Waals surface area contributed by atoms with E-state index in [-0.39, 0.29) is 25.0 Å². The van der Waals surface area contributed by atoms with Crippen LogP contribution in [0.25, 0.3) is 10.9 Å². The third-order valence-electron chi connectivity index (χ3n) is 5.60. The maximum absolute atomic E-state index is 12.9. The number of nitrogens with two attached hydrogens (primary N) is 1. The number of carbonyl (C=O) groups excluding carboxylic acids is 3. The Hall–Kier alpha value is -3.62. The minimum Gasteiger partial charge on any atom is -0.481 e. The second kappa shape index (κ2) is 13.6. The maximum Gasteiger partial charge on any atom is 0.326 e. The third kappa shape index (κ3) is 8.48. The van der Waals surface area contributed by atoms with Gasteiger partial charge in [0.15, 0.2) is 0 Å². The molecule has 0 bridgehead atoms. The number of aliphatic hydroxyl groups is 1. The lowest BCUT2D eigenvalue weighted by molar-refractivity contribution is -0.143. The SMILES string of the molecule is CC(O)C(NC(=O)C(CS)NC(=O)C(N)CCC(=O)O)C(=O)NC(Cc1c[nH]c2ccccc12)C(=O)O. The Balaban J connectivity index is 2.07. The Morgan fingerprint density at radius 2 is 1.65 bits per heavy atom. The van der Waals surface area contributed by atoms with Gasteiger partial charge in [-0.3, -0.25) is 19.2 Å². The van der Waals surface area contributed by atoms with E-state index in [0.717, 1.165) is 10.9 Å². The number of thiol groups is 1. The van der Waals surface area contributed by atoms with Crippen LogP contribution in [0.4, 0.5) is 0 Å². The zero-order valence-corrected chi connectivity index (χ0v) is 20.9. The van der Waals surface area contributed by atoms with Crippen LogP contribution in [0.1, 0.15) is 25.3 Å². The number of H-pyrrole nitrogens is 1. The van der Waals surface area contributed by atoms with Gasteiger partial charge in [-0.25, -0.2) is 4.79 Å². The van der Waals surface area contributed by atoms with Gasteiger partial charge >= 0.3 is 11.9 Å². The van der Waals surface area contributed by atoms with Crippen molar-refractivity contribution >= 4 is 53.2 Å². The van der Waals surface area contributed by atoms with Crippen molar-refractivity contribution < 1.29 is 39.3 Å². The summed E-state index contributed by atoms with van der Waals surface area (Å²) >= 11 is 4.02. The van der Waals surface area contributed by atoms with Gasteiger partial charge in [-0.1, -0.05) is 18.2 Å². The summed E-state index contributed by atoms with van der Waals surface area (Å²) in [4.78, 5) is 63.4. The highest BCUT2D eigenvalue weighted by Gasteiger charge is 2.32. The zero-order valence-electron chi connectivity index (χ0n) is 20.0. The van der Waals surface area contributed by atoms with Crippen molar-refractivity contribution in [3.05, 3.63) is 36.0 Å². The molecule has 5 unspecified atom stereocenters. The number of carboxylic acid groups (broad SMARTS) is 2. The van der Waals surface area contributed by atoms with Crippen molar-refractivity contribution in [2.45, 2.75) is 56.5 Å². The molecular weight excluding hydrogens is 506 g/mol. The summed E-state index contributed by atoms with van der Waals surface area (Å²) in [6.45, 7) is 1.23. The third-order valence-corrected chi connectivity index (χ3v) is 5.96. The van der Waals surface area contributed by atoms with Crippen LogP contribution in [0.3, 0.4) is 0 Å². The molecule has 14 heteroatoms. The molecule has 1 aromatic carbocycles. The highest BCUT2D eigenvalue weighted by Crippen LogP contribution is 2.19. The van der Waals surface area contributed by atoms with E-state index in [0.29, 0.717) is 5.56 Å². The largest absolute Gasteiger partial charge is 0.481 e. The van der Waals surface area contributed by atoms with Crippen LogP contribution in [-0.4, -0.2) is 86.0 Å². The average molecular weight is 538 g/mol. The van der Waals surface area contributed by atoms with Crippen molar-refractivity contribution in [3.8, 4) is 0 Å². The van der Waals surface area contributed by atoms with E-state index in [1.165, 1.54) is 6.92 Å². The summed E-state index contributed by atoms with van der Waals surface area (Å²) in [7, 11) is 0. The number of para-hydroxylation sites is 1. The molecule has 1 aromatic heterocycles. The molecule has 0 saturated heterocycles. The molecule has 2 aromatic rings. The van der Waals surface area contributed by atoms with E-state index in [9.17, 15) is 34.2 Å². The molecule has 5 atom stereocenters. The Bertz CT molecular complexity index is 1140. The van der Waals surface area contributed by atoms with Crippen LogP contribution in [0.15, 0.2) is 30.5 Å². The van der Waals surface area contributed by atoms with Gasteiger partial charge in [-0.05, 0) is 25.0 Å². The summed E-state index contributed by atoms with van der Waals surface area (Å²) in [5, 5.41) is 36.3. The monoisotopic (exact) mass is 537 g/mol. The molecule has 0 aliphatic rings. The molecule has 0 saturated carbocycles. The van der Waals surface area contributed by atoms with E-state index in [2.05, 4.69) is 33.6 Å². The maximum atomic E-state index is 12.9. The highest BCUT2D eigenvalue weighted by molar-refractivity contribution is 7.80. The van der Waals surface area contributed by atoms with Crippen LogP contribution < -0.4 is 21.7 Å². The molecule has 1 heterocycles. The lowest BCUT2D eigenvalue weighted by atomic mass is 10.0. The second-order valence-electron chi connectivity index (χ2n) is 8.47. The van der Waals surface area contributed by atoms with Crippen molar-refractivity contribution in [2.75, 3.05) is 5.75 Å². The summed E-state index contributed by atoms with van der Waals surface area (Å²) < 4.78 is 0. The lowest BCUT2D eigenvalue weighted by Gasteiger charge is -2.26. The van der Waals surface area contributed by atoms with Crippen LogP contribution in [0.5, 0.6) is 0 Å². The van der Waals surface area contributed by atoms with Crippen molar-refractivity contribution in [1.29, 1.82) is 0 Å². The van der Waals surface area contributed by atoms with Gasteiger partial charge in [0, 0.05) is 35.7 Å². The number of hydrogen-bond acceptors (Lipinski definition) is 8. The molecule has 9 N–H and O–H groups in total. The first-order valence-electron chi connectivity index (χ1n) is 11.4. The van der Waals surface area contributed by atoms with Crippen LogP contribution >= 0.6 is 12.6 Å². The van der Waals surface area contributed by atoms with Crippen LogP contribution in [-0.2, 0) is 30.4 Å². The molecule has 0 aliphatic heterocycles. The molecule has 0 aliphatic carbocycles. The standard InChI is InChI=1S/C23H31N5O8S/c1-11(29)19(28-21(33)17(10-37)27-20(32)14(24)6-7-18(30)31)22(34)26-16(23(35)36)8-12-9-25-15-5-3-2-4-13(12)15/h2-5,9,11,14,16-17,19,25,29,37H,6-8,10,24H2,1H3,(H,26,34)(H,27,32)(H,28,33)(H,30,31)(H,35,36). The molecule has 13 nitrogen and oxygen atoms in total. The Labute approximate surface area is 217 Å². The number of carbonyl (C=O) groups is 5. The number of rotatable bonds is 14. The van der Waals surface area contributed by atoms with Crippen LogP contribution in [0.2, 0.25) is 0 Å². The fraction of sp³-hybridized carbons (Fsp3) is 0.435. The number of benzene rings is 1. The summed E-state index contributed by atoms with van der Waals surface area (Å²) in [6.07, 6.45) is -0.342. The normalized spacial score (nSPS) is 15.1. The van der Waals surface area contributed by atoms with Gasteiger partial charge < -0.3 is 42.0 Å². The summed E-state index contributed by atoms with van der Waals surface area (Å²) in [6, 6.07) is 1.88. The van der Waals surface area contributed by atoms with Crippen molar-refractivity contribution in [2.24, 2.45) is 5.73 Å².